The number of ether oxygens (including phenoxy) is 1. The zero-order chi connectivity index (χ0) is 24.0. The molecule has 0 aliphatic carbocycles. The fraction of sp³-hybridized carbons (Fsp3) is 0.680. The number of hydrogen-bond donors (Lipinski definition) is 3. The van der Waals surface area contributed by atoms with Crippen LogP contribution >= 0.6 is 11.6 Å². The highest BCUT2D eigenvalue weighted by molar-refractivity contribution is 6.21. The van der Waals surface area contributed by atoms with Crippen LogP contribution in [0.15, 0.2) is 36.1 Å². The summed E-state index contributed by atoms with van der Waals surface area (Å²) >= 11 is 6.26. The predicted octanol–water partition coefficient (Wildman–Crippen LogP) is 4.68. The van der Waals surface area contributed by atoms with E-state index < -0.39 is 29.7 Å². The van der Waals surface area contributed by atoms with Gasteiger partial charge in [0.25, 0.3) is 0 Å². The molecule has 1 rings (SSSR count). The molecule has 32 heavy (non-hydrogen) atoms. The van der Waals surface area contributed by atoms with Gasteiger partial charge in [0.1, 0.15) is 11.3 Å². The molecule has 0 aromatic heterocycles. The van der Waals surface area contributed by atoms with Crippen LogP contribution < -0.4 is 5.32 Å². The van der Waals surface area contributed by atoms with Crippen molar-refractivity contribution in [3.8, 4) is 0 Å². The maximum atomic E-state index is 12.1. The number of allylic oxidation sites excluding steroid dienone is 3. The minimum atomic E-state index is -0.986. The number of aliphatic hydroxyl groups excluding tert-OH is 2. The fourth-order valence-electron chi connectivity index (χ4n) is 3.33. The molecule has 1 aliphatic heterocycles. The van der Waals surface area contributed by atoms with E-state index >= 15 is 0 Å². The summed E-state index contributed by atoms with van der Waals surface area (Å²) in [5, 5.41) is 22.3. The second kappa shape index (κ2) is 15.3. The third kappa shape index (κ3) is 11.3. The third-order valence-electron chi connectivity index (χ3n) is 5.58. The Hall–Kier alpha value is -1.63. The fourth-order valence-corrected chi connectivity index (χ4v) is 3.56. The Balaban J connectivity index is 2.26. The maximum Gasteiger partial charge on any atom is 0.355 e. The molecule has 6 nitrogen and oxygen atoms in total. The molecule has 0 aromatic carbocycles. The van der Waals surface area contributed by atoms with Crippen molar-refractivity contribution < 1.29 is 24.5 Å². The number of cyclic esters (lactones) is 1. The highest BCUT2D eigenvalue weighted by Crippen LogP contribution is 2.26. The smallest absolute Gasteiger partial charge is 0.355 e. The Bertz CT molecular complexity index is 675. The van der Waals surface area contributed by atoms with Gasteiger partial charge in [0.2, 0.25) is 5.91 Å². The van der Waals surface area contributed by atoms with E-state index in [0.717, 1.165) is 12.8 Å². The Kier molecular flexibility index (Phi) is 13.5. The number of hydrogen-bond acceptors (Lipinski definition) is 5. The van der Waals surface area contributed by atoms with E-state index in [4.69, 9.17) is 16.3 Å². The van der Waals surface area contributed by atoms with Crippen LogP contribution in [0.1, 0.15) is 85.0 Å². The van der Waals surface area contributed by atoms with Gasteiger partial charge in [-0.3, -0.25) is 4.79 Å². The van der Waals surface area contributed by atoms with E-state index in [1.807, 2.05) is 13.0 Å². The van der Waals surface area contributed by atoms with Crippen molar-refractivity contribution in [1.29, 1.82) is 0 Å². The van der Waals surface area contributed by atoms with Crippen molar-refractivity contribution in [2.75, 3.05) is 0 Å². The van der Waals surface area contributed by atoms with Crippen molar-refractivity contribution in [1.82, 2.24) is 5.32 Å². The van der Waals surface area contributed by atoms with Crippen molar-refractivity contribution in [2.24, 2.45) is 0 Å². The van der Waals surface area contributed by atoms with Gasteiger partial charge in [-0.15, -0.1) is 11.6 Å². The summed E-state index contributed by atoms with van der Waals surface area (Å²) in [7, 11) is 0. The predicted molar refractivity (Wildman–Crippen MR) is 128 cm³/mol. The molecule has 0 saturated carbocycles. The number of rotatable bonds is 16. The van der Waals surface area contributed by atoms with Crippen LogP contribution in [0.4, 0.5) is 0 Å². The van der Waals surface area contributed by atoms with E-state index in [-0.39, 0.29) is 17.5 Å². The minimum absolute atomic E-state index is 0.114. The van der Waals surface area contributed by atoms with Crippen molar-refractivity contribution in [2.45, 2.75) is 108 Å². The number of halogens is 1. The third-order valence-corrected chi connectivity index (χ3v) is 6.05. The van der Waals surface area contributed by atoms with Crippen LogP contribution in [-0.4, -0.2) is 45.3 Å². The second-order valence-corrected chi connectivity index (χ2v) is 9.18. The number of carbonyl (C=O) groups is 2. The Morgan fingerprint density at radius 3 is 2.53 bits per heavy atom. The average molecular weight is 470 g/mol. The summed E-state index contributed by atoms with van der Waals surface area (Å²) in [6.07, 6.45) is 15.5. The summed E-state index contributed by atoms with van der Waals surface area (Å²) in [4.78, 5) is 23.9. The first kappa shape index (κ1) is 28.4. The van der Waals surface area contributed by atoms with Gasteiger partial charge in [0.05, 0.1) is 24.0 Å². The average Bonchev–Trinajstić information content (AvgIpc) is 3.03. The van der Waals surface area contributed by atoms with Crippen molar-refractivity contribution >= 4 is 23.5 Å². The Morgan fingerprint density at radius 2 is 1.88 bits per heavy atom. The first-order valence-corrected chi connectivity index (χ1v) is 12.2. The van der Waals surface area contributed by atoms with Gasteiger partial charge in [-0.2, -0.15) is 0 Å². The zero-order valence-electron chi connectivity index (χ0n) is 19.7. The Morgan fingerprint density at radius 1 is 1.19 bits per heavy atom. The standard InChI is InChI=1S/C25H40ClNO5/c1-4-6-7-8-9-13-16-22(29)20(26)15-12-10-11-14-19(28)17-23(30)27-21-18-25(3,5-2)32-24(21)31/h10-12,14,18-20,22,28-29H,4-9,13,15-17H2,1-3H3,(H,27,30)/b12-10+,14-11-/t19-,20?,22?,25-/m0/s1. The second-order valence-electron chi connectivity index (χ2n) is 8.62. The summed E-state index contributed by atoms with van der Waals surface area (Å²) in [5.74, 6) is -1.03. The molecule has 0 spiro atoms. The molecule has 0 saturated heterocycles. The molecule has 1 heterocycles. The summed E-state index contributed by atoms with van der Waals surface area (Å²) in [6.45, 7) is 5.85. The molecule has 1 amide bonds. The van der Waals surface area contributed by atoms with Gasteiger partial charge >= 0.3 is 5.97 Å². The van der Waals surface area contributed by atoms with Gasteiger partial charge < -0.3 is 20.3 Å². The highest BCUT2D eigenvalue weighted by Gasteiger charge is 2.35. The van der Waals surface area contributed by atoms with Gasteiger partial charge in [-0.25, -0.2) is 4.79 Å². The minimum Gasteiger partial charge on any atom is -0.450 e. The largest absolute Gasteiger partial charge is 0.450 e. The lowest BCUT2D eigenvalue weighted by Crippen LogP contribution is -2.28. The summed E-state index contributed by atoms with van der Waals surface area (Å²) in [5.41, 5.74) is -0.589. The number of carbonyl (C=O) groups excluding carboxylic acids is 2. The van der Waals surface area contributed by atoms with Gasteiger partial charge in [0, 0.05) is 0 Å². The normalized spacial score (nSPS) is 21.6. The van der Waals surface area contributed by atoms with E-state index in [0.29, 0.717) is 19.3 Å². The number of nitrogens with one attached hydrogen (secondary N) is 1. The molecule has 0 fully saturated rings. The molecule has 2 unspecified atom stereocenters. The lowest BCUT2D eigenvalue weighted by atomic mass is 10.0. The van der Waals surface area contributed by atoms with Crippen LogP contribution in [-0.2, 0) is 14.3 Å². The van der Waals surface area contributed by atoms with Crippen molar-refractivity contribution in [3.63, 3.8) is 0 Å². The number of aliphatic hydroxyl groups is 2. The lowest BCUT2D eigenvalue weighted by molar-refractivity contribution is -0.146. The maximum absolute atomic E-state index is 12.1. The molecule has 0 aromatic rings. The molecule has 0 radical (unpaired) electrons. The topological polar surface area (TPSA) is 95.9 Å². The summed E-state index contributed by atoms with van der Waals surface area (Å²) < 4.78 is 5.23. The number of amides is 1. The Labute approximate surface area is 197 Å². The molecule has 1 aliphatic rings. The SMILES string of the molecule is CCCCCCCCC(O)C(Cl)C/C=C/C=C\[C@H](O)CC(=O)NC1=C[C@](C)(CC)OC1=O. The first-order valence-electron chi connectivity index (χ1n) is 11.8. The van der Waals surface area contributed by atoms with Crippen LogP contribution in [0.5, 0.6) is 0 Å². The number of unbranched alkanes of at least 4 members (excludes halogenated alkanes) is 5. The molecule has 182 valence electrons. The molecule has 4 atom stereocenters. The van der Waals surface area contributed by atoms with Crippen LogP contribution in [0.2, 0.25) is 0 Å². The number of esters is 1. The molecule has 0 bridgehead atoms. The van der Waals surface area contributed by atoms with Crippen LogP contribution in [0.3, 0.4) is 0 Å². The highest BCUT2D eigenvalue weighted by atomic mass is 35.5. The monoisotopic (exact) mass is 469 g/mol. The van der Waals surface area contributed by atoms with Gasteiger partial charge in [0.15, 0.2) is 0 Å². The lowest BCUT2D eigenvalue weighted by Gasteiger charge is -2.17. The summed E-state index contributed by atoms with van der Waals surface area (Å²) in [6, 6.07) is 0. The van der Waals surface area contributed by atoms with Gasteiger partial charge in [-0.05, 0) is 32.3 Å². The first-order chi connectivity index (χ1) is 15.2. The quantitative estimate of drug-likeness (QED) is 0.132. The molecular formula is C25H40ClNO5. The van der Waals surface area contributed by atoms with Crippen LogP contribution in [0, 0.1) is 0 Å². The zero-order valence-corrected chi connectivity index (χ0v) is 20.4. The molecular weight excluding hydrogens is 430 g/mol. The molecule has 3 N–H and O–H groups in total. The van der Waals surface area contributed by atoms with Crippen LogP contribution in [0.25, 0.3) is 0 Å². The van der Waals surface area contributed by atoms with E-state index in [2.05, 4.69) is 12.2 Å². The van der Waals surface area contributed by atoms with E-state index in [1.165, 1.54) is 31.8 Å². The van der Waals surface area contributed by atoms with Gasteiger partial charge in [-0.1, -0.05) is 76.7 Å². The van der Waals surface area contributed by atoms with E-state index in [9.17, 15) is 19.8 Å². The number of alkyl halides is 1. The van der Waals surface area contributed by atoms with Crippen molar-refractivity contribution in [3.05, 3.63) is 36.1 Å². The van der Waals surface area contributed by atoms with E-state index in [1.54, 1.807) is 25.2 Å². The molecule has 7 heteroatoms.